The van der Waals surface area contributed by atoms with Crippen molar-refractivity contribution in [1.29, 1.82) is 0 Å². The Morgan fingerprint density at radius 2 is 2.03 bits per heavy atom. The SMILES string of the molecule is CN=C(NCCCCCc1nc(-c2ccc(OC)cc2)no1)NC1CC2CCC1O2.I. The fourth-order valence-corrected chi connectivity index (χ4v) is 4.16. The van der Waals surface area contributed by atoms with Crippen LogP contribution >= 0.6 is 24.0 Å². The number of unbranched alkanes of at least 4 members (excludes halogenated alkanes) is 2. The van der Waals surface area contributed by atoms with E-state index in [4.69, 9.17) is 14.0 Å². The molecule has 2 N–H and O–H groups in total. The molecule has 3 heterocycles. The van der Waals surface area contributed by atoms with E-state index in [1.807, 2.05) is 31.3 Å². The molecule has 9 heteroatoms. The van der Waals surface area contributed by atoms with Crippen molar-refractivity contribution in [2.75, 3.05) is 20.7 Å². The number of ether oxygens (including phenoxy) is 2. The number of nitrogens with zero attached hydrogens (tertiary/aromatic N) is 3. The largest absolute Gasteiger partial charge is 0.497 e. The third-order valence-electron chi connectivity index (χ3n) is 5.83. The maximum Gasteiger partial charge on any atom is 0.226 e. The Hall–Kier alpha value is -1.88. The minimum Gasteiger partial charge on any atom is -0.497 e. The lowest BCUT2D eigenvalue weighted by Crippen LogP contribution is -2.47. The van der Waals surface area contributed by atoms with Gasteiger partial charge in [-0.25, -0.2) is 0 Å². The van der Waals surface area contributed by atoms with Crippen molar-refractivity contribution >= 4 is 29.9 Å². The summed E-state index contributed by atoms with van der Waals surface area (Å²) in [5.41, 5.74) is 0.926. The average Bonchev–Trinajstić information content (AvgIpc) is 3.52. The summed E-state index contributed by atoms with van der Waals surface area (Å²) in [6, 6.07) is 8.05. The molecule has 1 aromatic carbocycles. The predicted molar refractivity (Wildman–Crippen MR) is 130 cm³/mol. The molecule has 0 spiro atoms. The molecule has 0 aliphatic carbocycles. The number of aryl methyl sites for hydroxylation is 1. The molecular formula is C22H32IN5O3. The number of benzene rings is 1. The van der Waals surface area contributed by atoms with Crippen LogP contribution in [-0.2, 0) is 11.2 Å². The molecule has 170 valence electrons. The molecule has 2 aliphatic rings. The first-order valence-electron chi connectivity index (χ1n) is 10.8. The smallest absolute Gasteiger partial charge is 0.226 e. The summed E-state index contributed by atoms with van der Waals surface area (Å²) in [7, 11) is 3.47. The third-order valence-corrected chi connectivity index (χ3v) is 5.83. The highest BCUT2D eigenvalue weighted by Crippen LogP contribution is 2.34. The monoisotopic (exact) mass is 541 g/mol. The Kier molecular flexibility index (Phi) is 8.94. The van der Waals surface area contributed by atoms with Crippen molar-refractivity contribution in [3.63, 3.8) is 0 Å². The van der Waals surface area contributed by atoms with Gasteiger partial charge in [0.15, 0.2) is 5.96 Å². The second-order valence-electron chi connectivity index (χ2n) is 7.91. The predicted octanol–water partition coefficient (Wildman–Crippen LogP) is 3.56. The number of aromatic nitrogens is 2. The molecular weight excluding hydrogens is 509 g/mol. The molecule has 3 atom stereocenters. The summed E-state index contributed by atoms with van der Waals surface area (Å²) >= 11 is 0. The molecule has 2 saturated heterocycles. The zero-order chi connectivity index (χ0) is 20.8. The van der Waals surface area contributed by atoms with Crippen LogP contribution in [0.1, 0.15) is 44.4 Å². The molecule has 2 bridgehead atoms. The van der Waals surface area contributed by atoms with Gasteiger partial charge >= 0.3 is 0 Å². The van der Waals surface area contributed by atoms with Crippen LogP contribution in [0.2, 0.25) is 0 Å². The summed E-state index contributed by atoms with van der Waals surface area (Å²) < 4.78 is 16.5. The van der Waals surface area contributed by atoms with Crippen LogP contribution in [0.4, 0.5) is 0 Å². The number of aliphatic imine (C=N–C) groups is 1. The Morgan fingerprint density at radius 3 is 2.71 bits per heavy atom. The van der Waals surface area contributed by atoms with Crippen LogP contribution < -0.4 is 15.4 Å². The van der Waals surface area contributed by atoms with Crippen molar-refractivity contribution in [2.45, 2.75) is 63.2 Å². The number of fused-ring (bicyclic) bond motifs is 2. The number of nitrogens with one attached hydrogen (secondary N) is 2. The molecule has 2 aliphatic heterocycles. The first-order chi connectivity index (χ1) is 14.7. The molecule has 31 heavy (non-hydrogen) atoms. The number of methoxy groups -OCH3 is 1. The highest BCUT2D eigenvalue weighted by atomic mass is 127. The summed E-state index contributed by atoms with van der Waals surface area (Å²) in [5.74, 6) is 2.99. The molecule has 1 aromatic heterocycles. The minimum atomic E-state index is 0. The van der Waals surface area contributed by atoms with Gasteiger partial charge in [-0.15, -0.1) is 24.0 Å². The van der Waals surface area contributed by atoms with Crippen LogP contribution in [0.3, 0.4) is 0 Å². The number of hydrogen-bond acceptors (Lipinski definition) is 6. The molecule has 4 rings (SSSR count). The molecule has 0 radical (unpaired) electrons. The molecule has 2 fully saturated rings. The van der Waals surface area contributed by atoms with Gasteiger partial charge in [0.2, 0.25) is 11.7 Å². The van der Waals surface area contributed by atoms with Crippen LogP contribution in [0.5, 0.6) is 5.75 Å². The zero-order valence-corrected chi connectivity index (χ0v) is 20.5. The van der Waals surface area contributed by atoms with Crippen LogP contribution in [0, 0.1) is 0 Å². The van der Waals surface area contributed by atoms with E-state index in [-0.39, 0.29) is 24.0 Å². The van der Waals surface area contributed by atoms with Crippen LogP contribution in [0.25, 0.3) is 11.4 Å². The van der Waals surface area contributed by atoms with Gasteiger partial charge in [-0.3, -0.25) is 4.99 Å². The van der Waals surface area contributed by atoms with E-state index in [9.17, 15) is 0 Å². The van der Waals surface area contributed by atoms with Gasteiger partial charge in [0, 0.05) is 25.6 Å². The first-order valence-corrected chi connectivity index (χ1v) is 10.8. The van der Waals surface area contributed by atoms with Crippen molar-refractivity contribution in [3.05, 3.63) is 30.2 Å². The molecule has 2 aromatic rings. The Labute approximate surface area is 200 Å². The standard InChI is InChI=1S/C22H31N5O3.HI/c1-23-22(25-18-14-17-11-12-19(18)29-17)24-13-5-3-4-6-20-26-21(27-30-20)15-7-9-16(28-2)10-8-15;/h7-10,17-19H,3-6,11-14H2,1-2H3,(H2,23,24,25);1H. The van der Waals surface area contributed by atoms with Gasteiger partial charge in [-0.05, 0) is 56.4 Å². The van der Waals surface area contributed by atoms with Gasteiger partial charge in [0.05, 0.1) is 25.4 Å². The number of halogens is 1. The lowest BCUT2D eigenvalue weighted by Gasteiger charge is -2.22. The first kappa shape index (κ1) is 23.8. The Balaban J connectivity index is 0.00000272. The average molecular weight is 541 g/mol. The van der Waals surface area contributed by atoms with Crippen LogP contribution in [0.15, 0.2) is 33.8 Å². The molecule has 0 amide bonds. The fourth-order valence-electron chi connectivity index (χ4n) is 4.16. The van der Waals surface area contributed by atoms with Crippen molar-refractivity contribution < 1.29 is 14.0 Å². The lowest BCUT2D eigenvalue weighted by molar-refractivity contribution is 0.0992. The number of hydrogen-bond donors (Lipinski definition) is 2. The number of rotatable bonds is 9. The molecule has 0 saturated carbocycles. The van der Waals surface area contributed by atoms with Gasteiger partial charge in [-0.2, -0.15) is 4.98 Å². The van der Waals surface area contributed by atoms with Crippen LogP contribution in [-0.4, -0.2) is 55.1 Å². The highest BCUT2D eigenvalue weighted by molar-refractivity contribution is 14.0. The minimum absolute atomic E-state index is 0. The summed E-state index contributed by atoms with van der Waals surface area (Å²) in [4.78, 5) is 8.84. The van der Waals surface area contributed by atoms with Gasteiger partial charge in [-0.1, -0.05) is 11.6 Å². The summed E-state index contributed by atoms with van der Waals surface area (Å²) in [5, 5.41) is 11.0. The van der Waals surface area contributed by atoms with E-state index in [1.54, 1.807) is 7.11 Å². The second-order valence-corrected chi connectivity index (χ2v) is 7.91. The second kappa shape index (κ2) is 11.7. The van der Waals surface area contributed by atoms with E-state index in [0.717, 1.165) is 62.3 Å². The normalized spacial score (nSPS) is 22.3. The maximum atomic E-state index is 5.90. The maximum absolute atomic E-state index is 5.90. The number of guanidine groups is 1. The molecule has 8 nitrogen and oxygen atoms in total. The van der Waals surface area contributed by atoms with Gasteiger partial charge < -0.3 is 24.6 Å². The summed E-state index contributed by atoms with van der Waals surface area (Å²) in [6.45, 7) is 0.891. The van der Waals surface area contributed by atoms with Crippen molar-refractivity contribution in [1.82, 2.24) is 20.8 Å². The topological polar surface area (TPSA) is 93.8 Å². The zero-order valence-electron chi connectivity index (χ0n) is 18.2. The Bertz CT molecular complexity index is 842. The quantitative estimate of drug-likeness (QED) is 0.217. The van der Waals surface area contributed by atoms with Crippen molar-refractivity contribution in [3.8, 4) is 17.1 Å². The van der Waals surface area contributed by atoms with E-state index in [2.05, 4.69) is 25.8 Å². The third kappa shape index (κ3) is 6.31. The highest BCUT2D eigenvalue weighted by Gasteiger charge is 2.41. The van der Waals surface area contributed by atoms with Gasteiger partial charge in [0.1, 0.15) is 5.75 Å². The van der Waals surface area contributed by atoms with Gasteiger partial charge in [0.25, 0.3) is 0 Å². The van der Waals surface area contributed by atoms with E-state index in [1.165, 1.54) is 6.42 Å². The van der Waals surface area contributed by atoms with E-state index < -0.39 is 0 Å². The van der Waals surface area contributed by atoms with E-state index in [0.29, 0.717) is 30.0 Å². The molecule has 3 unspecified atom stereocenters. The fraction of sp³-hybridized carbons (Fsp3) is 0.591. The Morgan fingerprint density at radius 1 is 1.19 bits per heavy atom. The summed E-state index contributed by atoms with van der Waals surface area (Å²) in [6.07, 6.45) is 8.21. The van der Waals surface area contributed by atoms with E-state index >= 15 is 0 Å². The van der Waals surface area contributed by atoms with Crippen molar-refractivity contribution in [2.24, 2.45) is 4.99 Å². The lowest BCUT2D eigenvalue weighted by atomic mass is 9.96.